The lowest BCUT2D eigenvalue weighted by Crippen LogP contribution is -2.36. The van der Waals surface area contributed by atoms with Gasteiger partial charge in [0.05, 0.1) is 6.42 Å². The molecule has 0 saturated heterocycles. The van der Waals surface area contributed by atoms with Gasteiger partial charge in [0.1, 0.15) is 0 Å². The summed E-state index contributed by atoms with van der Waals surface area (Å²) in [5.74, 6) is -0.982. The average molecular weight is 264 g/mol. The van der Waals surface area contributed by atoms with Crippen molar-refractivity contribution < 1.29 is 14.7 Å². The smallest absolute Gasteiger partial charge is 0.305 e. The van der Waals surface area contributed by atoms with Crippen LogP contribution >= 0.6 is 0 Å². The summed E-state index contributed by atoms with van der Waals surface area (Å²) in [4.78, 5) is 26.4. The van der Waals surface area contributed by atoms with Crippen LogP contribution in [0.1, 0.15) is 38.2 Å². The van der Waals surface area contributed by atoms with E-state index in [1.165, 1.54) is 0 Å². The molecule has 1 rings (SSSR count). The fourth-order valence-corrected chi connectivity index (χ4v) is 1.89. The van der Waals surface area contributed by atoms with E-state index in [2.05, 4.69) is 10.3 Å². The molecule has 0 fully saturated rings. The van der Waals surface area contributed by atoms with Crippen LogP contribution in [0.4, 0.5) is 0 Å². The van der Waals surface area contributed by atoms with Gasteiger partial charge in [-0.3, -0.25) is 14.6 Å². The molecular weight excluding hydrogens is 244 g/mol. The normalized spacial score (nSPS) is 11.8. The molecule has 1 atom stereocenters. The van der Waals surface area contributed by atoms with Crippen LogP contribution in [0, 0.1) is 0 Å². The number of aliphatic carboxylic acids is 1. The first-order valence-corrected chi connectivity index (χ1v) is 6.52. The number of rotatable bonds is 8. The number of carboxylic acids is 1. The molecule has 0 aliphatic heterocycles. The van der Waals surface area contributed by atoms with E-state index in [0.29, 0.717) is 19.3 Å². The van der Waals surface area contributed by atoms with Crippen LogP contribution in [0.2, 0.25) is 0 Å². The number of amides is 1. The average Bonchev–Trinajstić information content (AvgIpc) is 2.37. The largest absolute Gasteiger partial charge is 0.481 e. The number of aromatic nitrogens is 1. The first-order chi connectivity index (χ1) is 9.11. The van der Waals surface area contributed by atoms with Crippen LogP contribution in [0.15, 0.2) is 24.5 Å². The molecule has 5 nitrogen and oxygen atoms in total. The fourth-order valence-electron chi connectivity index (χ4n) is 1.89. The van der Waals surface area contributed by atoms with Crippen LogP contribution in [0.25, 0.3) is 0 Å². The molecule has 0 saturated carbocycles. The van der Waals surface area contributed by atoms with Crippen molar-refractivity contribution in [2.24, 2.45) is 0 Å². The molecule has 0 aromatic carbocycles. The van der Waals surface area contributed by atoms with Crippen LogP contribution in [-0.2, 0) is 16.0 Å². The Balaban J connectivity index is 2.37. The van der Waals surface area contributed by atoms with Gasteiger partial charge in [-0.2, -0.15) is 0 Å². The van der Waals surface area contributed by atoms with Crippen LogP contribution in [0.5, 0.6) is 0 Å². The van der Waals surface area contributed by atoms with Crippen LogP contribution in [0.3, 0.4) is 0 Å². The summed E-state index contributed by atoms with van der Waals surface area (Å²) in [6.07, 6.45) is 5.91. The summed E-state index contributed by atoms with van der Waals surface area (Å²) in [5, 5.41) is 11.6. The molecule has 19 heavy (non-hydrogen) atoms. The zero-order valence-corrected chi connectivity index (χ0v) is 11.1. The van der Waals surface area contributed by atoms with Crippen molar-refractivity contribution in [2.45, 2.75) is 45.1 Å². The molecule has 5 heteroatoms. The lowest BCUT2D eigenvalue weighted by atomic mass is 10.1. The molecule has 1 aromatic rings. The highest BCUT2D eigenvalue weighted by molar-refractivity contribution is 5.77. The van der Waals surface area contributed by atoms with E-state index in [4.69, 9.17) is 5.11 Å². The maximum Gasteiger partial charge on any atom is 0.305 e. The molecule has 0 spiro atoms. The van der Waals surface area contributed by atoms with Gasteiger partial charge in [0.25, 0.3) is 0 Å². The van der Waals surface area contributed by atoms with Crippen molar-refractivity contribution >= 4 is 11.9 Å². The van der Waals surface area contributed by atoms with Gasteiger partial charge in [0.2, 0.25) is 5.91 Å². The minimum absolute atomic E-state index is 0.0190. The van der Waals surface area contributed by atoms with E-state index in [1.807, 2.05) is 19.1 Å². The van der Waals surface area contributed by atoms with Crippen molar-refractivity contribution in [1.29, 1.82) is 0 Å². The number of hydrogen-bond acceptors (Lipinski definition) is 3. The van der Waals surface area contributed by atoms with E-state index in [0.717, 1.165) is 12.0 Å². The summed E-state index contributed by atoms with van der Waals surface area (Å²) >= 11 is 0. The van der Waals surface area contributed by atoms with Crippen molar-refractivity contribution in [3.05, 3.63) is 30.1 Å². The zero-order chi connectivity index (χ0) is 14.1. The topological polar surface area (TPSA) is 79.3 Å². The van der Waals surface area contributed by atoms with E-state index in [-0.39, 0.29) is 18.4 Å². The second-order valence-corrected chi connectivity index (χ2v) is 4.51. The molecule has 1 heterocycles. The van der Waals surface area contributed by atoms with E-state index >= 15 is 0 Å². The Hall–Kier alpha value is -1.91. The lowest BCUT2D eigenvalue weighted by molar-refractivity contribution is -0.137. The van der Waals surface area contributed by atoms with Gasteiger partial charge in [-0.15, -0.1) is 0 Å². The number of pyridine rings is 1. The van der Waals surface area contributed by atoms with E-state index in [1.54, 1.807) is 12.4 Å². The quantitative estimate of drug-likeness (QED) is 0.750. The number of carboxylic acid groups (broad SMARTS) is 1. The SMILES string of the molecule is CCCC(CC(=O)O)NC(=O)CCc1ccncc1. The van der Waals surface area contributed by atoms with Crippen molar-refractivity contribution in [3.63, 3.8) is 0 Å². The molecular formula is C14H20N2O3. The summed E-state index contributed by atoms with van der Waals surface area (Å²) in [6, 6.07) is 3.47. The highest BCUT2D eigenvalue weighted by Crippen LogP contribution is 2.04. The number of aryl methyl sites for hydroxylation is 1. The third-order valence-electron chi connectivity index (χ3n) is 2.81. The zero-order valence-electron chi connectivity index (χ0n) is 11.1. The first-order valence-electron chi connectivity index (χ1n) is 6.52. The third kappa shape index (κ3) is 6.55. The van der Waals surface area contributed by atoms with Crippen molar-refractivity contribution in [3.8, 4) is 0 Å². The highest BCUT2D eigenvalue weighted by atomic mass is 16.4. The number of hydrogen-bond donors (Lipinski definition) is 2. The third-order valence-corrected chi connectivity index (χ3v) is 2.81. The van der Waals surface area contributed by atoms with Crippen LogP contribution in [-0.4, -0.2) is 28.0 Å². The fraction of sp³-hybridized carbons (Fsp3) is 0.500. The Bertz CT molecular complexity index is 406. The summed E-state index contributed by atoms with van der Waals surface area (Å²) in [7, 11) is 0. The number of carbonyl (C=O) groups is 2. The number of carbonyl (C=O) groups excluding carboxylic acids is 1. The molecule has 1 amide bonds. The van der Waals surface area contributed by atoms with Gasteiger partial charge >= 0.3 is 5.97 Å². The molecule has 0 aliphatic rings. The summed E-state index contributed by atoms with van der Waals surface area (Å²) in [5.41, 5.74) is 1.05. The van der Waals surface area contributed by atoms with Gasteiger partial charge in [-0.25, -0.2) is 0 Å². The van der Waals surface area contributed by atoms with Crippen molar-refractivity contribution in [1.82, 2.24) is 10.3 Å². The molecule has 0 aliphatic carbocycles. The Labute approximate surface area is 113 Å². The van der Waals surface area contributed by atoms with Crippen LogP contribution < -0.4 is 5.32 Å². The van der Waals surface area contributed by atoms with E-state index in [9.17, 15) is 9.59 Å². The first kappa shape index (κ1) is 15.1. The van der Waals surface area contributed by atoms with Gasteiger partial charge in [0.15, 0.2) is 0 Å². The van der Waals surface area contributed by atoms with Gasteiger partial charge in [-0.1, -0.05) is 13.3 Å². The predicted octanol–water partition coefficient (Wildman–Crippen LogP) is 1.77. The number of nitrogens with one attached hydrogen (secondary N) is 1. The molecule has 2 N–H and O–H groups in total. The molecule has 0 radical (unpaired) electrons. The molecule has 1 aromatic heterocycles. The Morgan fingerprint density at radius 2 is 2.05 bits per heavy atom. The Morgan fingerprint density at radius 1 is 1.37 bits per heavy atom. The second-order valence-electron chi connectivity index (χ2n) is 4.51. The summed E-state index contributed by atoms with van der Waals surface area (Å²) < 4.78 is 0. The van der Waals surface area contributed by atoms with Gasteiger partial charge in [-0.05, 0) is 30.5 Å². The minimum atomic E-state index is -0.882. The molecule has 0 bridgehead atoms. The van der Waals surface area contributed by atoms with E-state index < -0.39 is 5.97 Å². The Kier molecular flexibility index (Phi) is 6.57. The maximum atomic E-state index is 11.8. The Morgan fingerprint density at radius 3 is 2.63 bits per heavy atom. The van der Waals surface area contributed by atoms with Gasteiger partial charge < -0.3 is 10.4 Å². The lowest BCUT2D eigenvalue weighted by Gasteiger charge is -2.16. The predicted molar refractivity (Wildman–Crippen MR) is 71.6 cm³/mol. The summed E-state index contributed by atoms with van der Waals surface area (Å²) in [6.45, 7) is 1.97. The maximum absolute atomic E-state index is 11.8. The van der Waals surface area contributed by atoms with Gasteiger partial charge in [0, 0.05) is 24.9 Å². The van der Waals surface area contributed by atoms with Crippen molar-refractivity contribution in [2.75, 3.05) is 0 Å². The minimum Gasteiger partial charge on any atom is -0.481 e. The molecule has 104 valence electrons. The number of nitrogens with zero attached hydrogens (tertiary/aromatic N) is 1. The standard InChI is InChI=1S/C14H20N2O3/c1-2-3-12(10-14(18)19)16-13(17)5-4-11-6-8-15-9-7-11/h6-9,12H,2-5,10H2,1H3,(H,16,17)(H,18,19). The highest BCUT2D eigenvalue weighted by Gasteiger charge is 2.14. The monoisotopic (exact) mass is 264 g/mol. The molecule has 1 unspecified atom stereocenters. The second kappa shape index (κ2) is 8.24.